The van der Waals surface area contributed by atoms with E-state index in [2.05, 4.69) is 41.8 Å². The first kappa shape index (κ1) is 19.6. The lowest BCUT2D eigenvalue weighted by molar-refractivity contribution is 0.0916. The lowest BCUT2D eigenvalue weighted by Crippen LogP contribution is -2.41. The lowest BCUT2D eigenvalue weighted by Gasteiger charge is -2.32. The first-order valence-electron chi connectivity index (χ1n) is 10.8. The van der Waals surface area contributed by atoms with Gasteiger partial charge in [-0.25, -0.2) is 4.98 Å². The van der Waals surface area contributed by atoms with Crippen LogP contribution in [0.25, 0.3) is 0 Å². The van der Waals surface area contributed by atoms with Gasteiger partial charge in [-0.1, -0.05) is 44.0 Å². The fraction of sp³-hybridized carbons (Fsp3) is 0.565. The highest BCUT2D eigenvalue weighted by Gasteiger charge is 2.29. The van der Waals surface area contributed by atoms with E-state index in [-0.39, 0.29) is 11.9 Å². The van der Waals surface area contributed by atoms with Gasteiger partial charge in [0.05, 0.1) is 5.01 Å². The molecule has 0 spiro atoms. The average molecular weight is 398 g/mol. The van der Waals surface area contributed by atoms with Crippen LogP contribution in [0.15, 0.2) is 29.6 Å². The van der Waals surface area contributed by atoms with Gasteiger partial charge in [-0.3, -0.25) is 4.79 Å². The molecule has 1 saturated heterocycles. The van der Waals surface area contributed by atoms with E-state index in [1.54, 1.807) is 11.3 Å². The van der Waals surface area contributed by atoms with Gasteiger partial charge in [0.1, 0.15) is 5.69 Å². The normalized spacial score (nSPS) is 23.5. The molecule has 1 aliphatic carbocycles. The first-order chi connectivity index (χ1) is 13.7. The summed E-state index contributed by atoms with van der Waals surface area (Å²) in [6.07, 6.45) is 7.93. The van der Waals surface area contributed by atoms with E-state index in [9.17, 15) is 4.79 Å². The summed E-state index contributed by atoms with van der Waals surface area (Å²) in [5.41, 5.74) is 3.33. The predicted octanol–water partition coefficient (Wildman–Crippen LogP) is 4.63. The summed E-state index contributed by atoms with van der Waals surface area (Å²) in [6.45, 7) is 4.28. The standard InChI is InChI=1S/C23H31N3OS/c1-2-16-7-9-17(10-8-16)19-5-3-4-6-20(19)25-22(27)21-15-28-23(26-21)18-11-13-24-14-12-18/h7-10,15,18-20,24H,2-6,11-14H2,1H3,(H,25,27). The van der Waals surface area contributed by atoms with Crippen molar-refractivity contribution in [1.29, 1.82) is 0 Å². The van der Waals surface area contributed by atoms with Gasteiger partial charge in [0.25, 0.3) is 5.91 Å². The third kappa shape index (κ3) is 4.47. The minimum absolute atomic E-state index is 0.00138. The zero-order valence-corrected chi connectivity index (χ0v) is 17.6. The summed E-state index contributed by atoms with van der Waals surface area (Å²) in [4.78, 5) is 17.6. The average Bonchev–Trinajstić information content (AvgIpc) is 3.25. The highest BCUT2D eigenvalue weighted by molar-refractivity contribution is 7.09. The number of rotatable bonds is 5. The molecular formula is C23H31N3OS. The zero-order chi connectivity index (χ0) is 19.3. The summed E-state index contributed by atoms with van der Waals surface area (Å²) in [6, 6.07) is 9.18. The second-order valence-corrected chi connectivity index (χ2v) is 9.05. The Balaban J connectivity index is 1.43. The molecule has 2 aromatic rings. The number of nitrogens with one attached hydrogen (secondary N) is 2. The Morgan fingerprint density at radius 2 is 1.89 bits per heavy atom. The minimum atomic E-state index is -0.00138. The molecule has 2 fully saturated rings. The molecule has 28 heavy (non-hydrogen) atoms. The van der Waals surface area contributed by atoms with Crippen molar-refractivity contribution in [3.63, 3.8) is 0 Å². The maximum atomic E-state index is 12.9. The summed E-state index contributed by atoms with van der Waals surface area (Å²) in [5.74, 6) is 0.914. The fourth-order valence-corrected chi connectivity index (χ4v) is 5.57. The second-order valence-electron chi connectivity index (χ2n) is 8.16. The SMILES string of the molecule is CCc1ccc(C2CCCCC2NC(=O)c2csc(C3CCNCC3)n2)cc1. The number of carbonyl (C=O) groups is 1. The van der Waals surface area contributed by atoms with E-state index < -0.39 is 0 Å². The van der Waals surface area contributed by atoms with E-state index in [4.69, 9.17) is 4.98 Å². The number of benzene rings is 1. The summed E-state index contributed by atoms with van der Waals surface area (Å²) in [5, 5.41) is 9.79. The van der Waals surface area contributed by atoms with Crippen LogP contribution in [0, 0.1) is 0 Å². The molecule has 1 aromatic carbocycles. The maximum absolute atomic E-state index is 12.9. The number of nitrogens with zero attached hydrogens (tertiary/aromatic N) is 1. The number of amides is 1. The predicted molar refractivity (Wildman–Crippen MR) is 115 cm³/mol. The minimum Gasteiger partial charge on any atom is -0.347 e. The van der Waals surface area contributed by atoms with E-state index in [0.717, 1.165) is 50.2 Å². The number of thiazole rings is 1. The Morgan fingerprint density at radius 1 is 1.14 bits per heavy atom. The summed E-state index contributed by atoms with van der Waals surface area (Å²) in [7, 11) is 0. The van der Waals surface area contributed by atoms with E-state index in [1.807, 2.05) is 5.38 Å². The van der Waals surface area contributed by atoms with Crippen molar-refractivity contribution in [1.82, 2.24) is 15.6 Å². The number of piperidine rings is 1. The molecule has 0 radical (unpaired) electrons. The second kappa shape index (κ2) is 9.19. The Morgan fingerprint density at radius 3 is 2.64 bits per heavy atom. The van der Waals surface area contributed by atoms with Crippen LogP contribution in [0.1, 0.15) is 83.9 Å². The molecular weight excluding hydrogens is 366 g/mol. The van der Waals surface area contributed by atoms with Crippen LogP contribution in [-0.4, -0.2) is 30.0 Å². The Bertz CT molecular complexity index is 779. The van der Waals surface area contributed by atoms with Crippen molar-refractivity contribution < 1.29 is 4.79 Å². The van der Waals surface area contributed by atoms with Gasteiger partial charge in [-0.05, 0) is 56.3 Å². The van der Waals surface area contributed by atoms with Crippen LogP contribution in [0.3, 0.4) is 0 Å². The highest BCUT2D eigenvalue weighted by Crippen LogP contribution is 2.34. The Hall–Kier alpha value is -1.72. The molecule has 150 valence electrons. The lowest BCUT2D eigenvalue weighted by atomic mass is 9.79. The number of hydrogen-bond donors (Lipinski definition) is 2. The maximum Gasteiger partial charge on any atom is 0.270 e. The van der Waals surface area contributed by atoms with Crippen LogP contribution in [-0.2, 0) is 6.42 Å². The molecule has 0 bridgehead atoms. The molecule has 1 aliphatic heterocycles. The van der Waals surface area contributed by atoms with Crippen molar-refractivity contribution >= 4 is 17.2 Å². The summed E-state index contributed by atoms with van der Waals surface area (Å²) < 4.78 is 0. The smallest absolute Gasteiger partial charge is 0.270 e. The van der Waals surface area contributed by atoms with E-state index >= 15 is 0 Å². The monoisotopic (exact) mass is 397 g/mol. The summed E-state index contributed by atoms with van der Waals surface area (Å²) >= 11 is 1.65. The van der Waals surface area contributed by atoms with Gasteiger partial charge in [0.15, 0.2) is 0 Å². The molecule has 5 heteroatoms. The number of hydrogen-bond acceptors (Lipinski definition) is 4. The molecule has 1 aromatic heterocycles. The van der Waals surface area contributed by atoms with E-state index in [1.165, 1.54) is 24.0 Å². The van der Waals surface area contributed by atoms with Crippen molar-refractivity contribution in [2.45, 2.75) is 69.7 Å². The third-order valence-corrected chi connectivity index (χ3v) is 7.35. The van der Waals surface area contributed by atoms with Crippen LogP contribution >= 0.6 is 11.3 Å². The zero-order valence-electron chi connectivity index (χ0n) is 16.7. The van der Waals surface area contributed by atoms with Crippen molar-refractivity contribution in [2.24, 2.45) is 0 Å². The number of carbonyl (C=O) groups excluding carboxylic acids is 1. The molecule has 2 N–H and O–H groups in total. The van der Waals surface area contributed by atoms with Crippen LogP contribution in [0.2, 0.25) is 0 Å². The van der Waals surface area contributed by atoms with Crippen molar-refractivity contribution in [3.8, 4) is 0 Å². The van der Waals surface area contributed by atoms with Crippen molar-refractivity contribution in [3.05, 3.63) is 51.5 Å². The molecule has 4 rings (SSSR count). The van der Waals surface area contributed by atoms with Crippen LogP contribution in [0.4, 0.5) is 0 Å². The van der Waals surface area contributed by atoms with Crippen LogP contribution < -0.4 is 10.6 Å². The van der Waals surface area contributed by atoms with Crippen LogP contribution in [0.5, 0.6) is 0 Å². The fourth-order valence-electron chi connectivity index (χ4n) is 4.59. The van der Waals surface area contributed by atoms with E-state index in [0.29, 0.717) is 17.5 Å². The Kier molecular flexibility index (Phi) is 6.43. The molecule has 4 nitrogen and oxygen atoms in total. The van der Waals surface area contributed by atoms with Gasteiger partial charge in [-0.2, -0.15) is 0 Å². The van der Waals surface area contributed by atoms with Gasteiger partial charge < -0.3 is 10.6 Å². The Labute approximate surface area is 172 Å². The van der Waals surface area contributed by atoms with Crippen molar-refractivity contribution in [2.75, 3.05) is 13.1 Å². The third-order valence-electron chi connectivity index (χ3n) is 6.34. The highest BCUT2D eigenvalue weighted by atomic mass is 32.1. The molecule has 2 heterocycles. The quantitative estimate of drug-likeness (QED) is 0.773. The van der Waals surface area contributed by atoms with Gasteiger partial charge in [0, 0.05) is 23.3 Å². The largest absolute Gasteiger partial charge is 0.347 e. The van der Waals surface area contributed by atoms with Gasteiger partial charge in [0.2, 0.25) is 0 Å². The number of aryl methyl sites for hydroxylation is 1. The molecule has 1 amide bonds. The number of aromatic nitrogens is 1. The molecule has 1 saturated carbocycles. The van der Waals surface area contributed by atoms with Gasteiger partial charge >= 0.3 is 0 Å². The first-order valence-corrected chi connectivity index (χ1v) is 11.7. The molecule has 2 atom stereocenters. The topological polar surface area (TPSA) is 54.0 Å². The van der Waals surface area contributed by atoms with Gasteiger partial charge in [-0.15, -0.1) is 11.3 Å². The molecule has 2 aliphatic rings. The molecule has 2 unspecified atom stereocenters.